The Morgan fingerprint density at radius 2 is 1.66 bits per heavy atom. The van der Waals surface area contributed by atoms with Crippen LogP contribution in [0.2, 0.25) is 0 Å². The number of amides is 1. The average Bonchev–Trinajstić information content (AvgIpc) is 3.13. The summed E-state index contributed by atoms with van der Waals surface area (Å²) in [5.74, 6) is -0.233. The van der Waals surface area contributed by atoms with Gasteiger partial charge in [-0.1, -0.05) is 76.5 Å². The van der Waals surface area contributed by atoms with Crippen molar-refractivity contribution in [2.75, 3.05) is 13.2 Å². The molecule has 0 spiro atoms. The summed E-state index contributed by atoms with van der Waals surface area (Å²) in [5.41, 5.74) is 1.94. The van der Waals surface area contributed by atoms with Crippen molar-refractivity contribution in [2.24, 2.45) is 0 Å². The van der Waals surface area contributed by atoms with E-state index in [1.54, 1.807) is 0 Å². The lowest BCUT2D eigenvalue weighted by Crippen LogP contribution is -2.28. The number of para-hydroxylation sites is 1. The number of ether oxygens (including phenoxy) is 1. The molecule has 0 radical (unpaired) electrons. The molecule has 0 aliphatic carbocycles. The summed E-state index contributed by atoms with van der Waals surface area (Å²) in [6.45, 7) is 2.82. The Kier molecular flexibility index (Phi) is 10.9. The van der Waals surface area contributed by atoms with Crippen molar-refractivity contribution in [1.82, 2.24) is 10.3 Å². The molecule has 0 unspecified atom stereocenters. The van der Waals surface area contributed by atoms with E-state index in [1.807, 2.05) is 30.5 Å². The topological polar surface area (TPSA) is 71.2 Å². The van der Waals surface area contributed by atoms with Crippen LogP contribution in [0.4, 0.5) is 0 Å². The van der Waals surface area contributed by atoms with Gasteiger partial charge in [0.1, 0.15) is 6.61 Å². The minimum Gasteiger partial charge on any atom is -0.464 e. The summed E-state index contributed by atoms with van der Waals surface area (Å²) >= 11 is 0. The molecule has 1 aromatic carbocycles. The number of carbonyl (C=O) groups is 2. The number of unbranched alkanes of at least 4 members (excludes halogenated alkanes) is 8. The summed E-state index contributed by atoms with van der Waals surface area (Å²) in [6.07, 6.45) is 13.8. The number of aromatic amines is 1. The highest BCUT2D eigenvalue weighted by atomic mass is 16.5. The van der Waals surface area contributed by atoms with E-state index in [4.69, 9.17) is 4.74 Å². The molecular weight excluding hydrogens is 364 g/mol. The van der Waals surface area contributed by atoms with Crippen LogP contribution >= 0.6 is 0 Å². The van der Waals surface area contributed by atoms with Crippen molar-refractivity contribution in [3.63, 3.8) is 0 Å². The molecule has 160 valence electrons. The van der Waals surface area contributed by atoms with E-state index in [9.17, 15) is 9.59 Å². The molecule has 1 amide bonds. The van der Waals surface area contributed by atoms with E-state index in [0.717, 1.165) is 29.3 Å². The van der Waals surface area contributed by atoms with E-state index in [2.05, 4.69) is 17.2 Å². The van der Waals surface area contributed by atoms with Gasteiger partial charge in [-0.25, -0.2) is 0 Å². The molecule has 2 N–H and O–H groups in total. The lowest BCUT2D eigenvalue weighted by atomic mass is 10.1. The van der Waals surface area contributed by atoms with Crippen molar-refractivity contribution < 1.29 is 14.3 Å². The molecule has 5 heteroatoms. The van der Waals surface area contributed by atoms with Gasteiger partial charge in [0.25, 0.3) is 0 Å². The molecule has 5 nitrogen and oxygen atoms in total. The third-order valence-corrected chi connectivity index (χ3v) is 5.20. The molecule has 0 atom stereocenters. The van der Waals surface area contributed by atoms with Crippen molar-refractivity contribution in [1.29, 1.82) is 0 Å². The zero-order valence-corrected chi connectivity index (χ0v) is 17.8. The minimum absolute atomic E-state index is 0.0422. The van der Waals surface area contributed by atoms with E-state index in [-0.39, 0.29) is 24.9 Å². The molecule has 0 fully saturated rings. The number of H-pyrrole nitrogens is 1. The molecule has 2 rings (SSSR count). The predicted octanol–water partition coefficient (Wildman–Crippen LogP) is 5.29. The standard InChI is InChI=1S/C24H36N2O3/c1-2-3-4-5-6-7-8-9-10-15-23(27)25-16-17-29-24(28)18-20-19-26-22-14-12-11-13-21(20)22/h11-14,19,26H,2-10,15-18H2,1H3,(H,25,27). The van der Waals surface area contributed by atoms with Crippen molar-refractivity contribution in [3.8, 4) is 0 Å². The number of nitrogens with one attached hydrogen (secondary N) is 2. The van der Waals surface area contributed by atoms with Gasteiger partial charge in [0, 0.05) is 23.5 Å². The second-order valence-corrected chi connectivity index (χ2v) is 7.69. The van der Waals surface area contributed by atoms with Gasteiger partial charge in [0.2, 0.25) is 5.91 Å². The number of aromatic nitrogens is 1. The number of carbonyl (C=O) groups excluding carboxylic acids is 2. The van der Waals surface area contributed by atoms with Crippen LogP contribution in [0.15, 0.2) is 30.5 Å². The van der Waals surface area contributed by atoms with Crippen LogP contribution in [0.3, 0.4) is 0 Å². The maximum Gasteiger partial charge on any atom is 0.310 e. The summed E-state index contributed by atoms with van der Waals surface area (Å²) in [7, 11) is 0. The van der Waals surface area contributed by atoms with Crippen LogP contribution in [-0.4, -0.2) is 30.0 Å². The Balaban J connectivity index is 1.46. The third-order valence-electron chi connectivity index (χ3n) is 5.20. The quantitative estimate of drug-likeness (QED) is 0.315. The Bertz CT molecular complexity index is 739. The summed E-state index contributed by atoms with van der Waals surface area (Å²) in [4.78, 5) is 27.0. The molecule has 0 aliphatic heterocycles. The molecule has 1 aromatic heterocycles. The molecule has 1 heterocycles. The van der Waals surface area contributed by atoms with Crippen LogP contribution in [0.1, 0.15) is 76.7 Å². The first kappa shape index (κ1) is 23.0. The maximum atomic E-state index is 12.0. The number of benzene rings is 1. The van der Waals surface area contributed by atoms with Gasteiger partial charge in [-0.3, -0.25) is 9.59 Å². The summed E-state index contributed by atoms with van der Waals surface area (Å²) < 4.78 is 5.24. The lowest BCUT2D eigenvalue weighted by molar-refractivity contribution is -0.143. The fraction of sp³-hybridized carbons (Fsp3) is 0.583. The van der Waals surface area contributed by atoms with Gasteiger partial charge in [-0.2, -0.15) is 0 Å². The smallest absolute Gasteiger partial charge is 0.310 e. The fourth-order valence-corrected chi connectivity index (χ4v) is 3.52. The van der Waals surface area contributed by atoms with E-state index in [0.29, 0.717) is 13.0 Å². The fourth-order valence-electron chi connectivity index (χ4n) is 3.52. The number of fused-ring (bicyclic) bond motifs is 1. The Morgan fingerprint density at radius 1 is 0.966 bits per heavy atom. The molecule has 0 bridgehead atoms. The highest BCUT2D eigenvalue weighted by Gasteiger charge is 2.09. The van der Waals surface area contributed by atoms with Crippen molar-refractivity contribution in [2.45, 2.75) is 77.6 Å². The third kappa shape index (κ3) is 9.16. The Hall–Kier alpha value is -2.30. The molecule has 29 heavy (non-hydrogen) atoms. The molecule has 0 aliphatic rings. The SMILES string of the molecule is CCCCCCCCCCCC(=O)NCCOC(=O)Cc1c[nH]c2ccccc12. The van der Waals surface area contributed by atoms with Crippen molar-refractivity contribution >= 4 is 22.8 Å². The highest BCUT2D eigenvalue weighted by molar-refractivity contribution is 5.87. The summed E-state index contributed by atoms with van der Waals surface area (Å²) in [5, 5.41) is 3.87. The van der Waals surface area contributed by atoms with Gasteiger partial charge >= 0.3 is 5.97 Å². The van der Waals surface area contributed by atoms with Crippen LogP contribution in [0, 0.1) is 0 Å². The van der Waals surface area contributed by atoms with Gasteiger partial charge in [-0.15, -0.1) is 0 Å². The van der Waals surface area contributed by atoms with Gasteiger partial charge < -0.3 is 15.0 Å². The number of esters is 1. The van der Waals surface area contributed by atoms with Crippen LogP contribution in [-0.2, 0) is 20.7 Å². The Labute approximate surface area is 174 Å². The second kappa shape index (κ2) is 13.8. The lowest BCUT2D eigenvalue weighted by Gasteiger charge is -2.07. The van der Waals surface area contributed by atoms with Crippen LogP contribution in [0.25, 0.3) is 10.9 Å². The van der Waals surface area contributed by atoms with Gasteiger partial charge in [0.15, 0.2) is 0 Å². The zero-order valence-electron chi connectivity index (χ0n) is 17.8. The summed E-state index contributed by atoms with van der Waals surface area (Å²) in [6, 6.07) is 7.88. The van der Waals surface area contributed by atoms with Gasteiger partial charge in [0.05, 0.1) is 13.0 Å². The van der Waals surface area contributed by atoms with Gasteiger partial charge in [-0.05, 0) is 18.1 Å². The first-order chi connectivity index (χ1) is 14.2. The average molecular weight is 401 g/mol. The monoisotopic (exact) mass is 400 g/mol. The first-order valence-electron chi connectivity index (χ1n) is 11.2. The number of hydrogen-bond acceptors (Lipinski definition) is 3. The second-order valence-electron chi connectivity index (χ2n) is 7.69. The molecular formula is C24H36N2O3. The van der Waals surface area contributed by atoms with Crippen LogP contribution in [0.5, 0.6) is 0 Å². The normalized spacial score (nSPS) is 10.9. The van der Waals surface area contributed by atoms with E-state index >= 15 is 0 Å². The Morgan fingerprint density at radius 3 is 2.41 bits per heavy atom. The highest BCUT2D eigenvalue weighted by Crippen LogP contribution is 2.18. The van der Waals surface area contributed by atoms with Crippen molar-refractivity contribution in [3.05, 3.63) is 36.0 Å². The molecule has 2 aromatic rings. The van der Waals surface area contributed by atoms with E-state index < -0.39 is 0 Å². The first-order valence-corrected chi connectivity index (χ1v) is 11.2. The molecule has 0 saturated heterocycles. The number of hydrogen-bond donors (Lipinski definition) is 2. The maximum absolute atomic E-state index is 12.0. The van der Waals surface area contributed by atoms with E-state index in [1.165, 1.54) is 44.9 Å². The molecule has 0 saturated carbocycles. The number of rotatable bonds is 15. The largest absolute Gasteiger partial charge is 0.464 e. The minimum atomic E-state index is -0.275. The van der Waals surface area contributed by atoms with Crippen LogP contribution < -0.4 is 5.32 Å². The zero-order chi connectivity index (χ0) is 20.7. The predicted molar refractivity (Wildman–Crippen MR) is 118 cm³/mol.